The van der Waals surface area contributed by atoms with Crippen LogP contribution in [0.1, 0.15) is 43.6 Å². The summed E-state index contributed by atoms with van der Waals surface area (Å²) in [5.74, 6) is -1.64. The molecule has 1 atom stereocenters. The van der Waals surface area contributed by atoms with Gasteiger partial charge in [-0.3, -0.25) is 4.79 Å². The van der Waals surface area contributed by atoms with E-state index in [1.807, 2.05) is 0 Å². The highest BCUT2D eigenvalue weighted by Crippen LogP contribution is 2.15. The molecule has 0 saturated heterocycles. The molecular weight excluding hydrogens is 411 g/mol. The minimum Gasteiger partial charge on any atom is -0.449 e. The maximum atomic E-state index is 12.9. The highest BCUT2D eigenvalue weighted by atomic mass is 32.2. The highest BCUT2D eigenvalue weighted by Gasteiger charge is 2.23. The average molecular weight is 437 g/mol. The second-order valence-corrected chi connectivity index (χ2v) is 9.45. The molecule has 2 aromatic rings. The fraction of sp³-hybridized carbons (Fsp3) is 0.333. The zero-order chi connectivity index (χ0) is 22.5. The van der Waals surface area contributed by atoms with Crippen LogP contribution in [0.5, 0.6) is 0 Å². The van der Waals surface area contributed by atoms with E-state index in [0.717, 1.165) is 0 Å². The third-order valence-electron chi connectivity index (χ3n) is 3.87. The van der Waals surface area contributed by atoms with Crippen molar-refractivity contribution in [2.75, 3.05) is 0 Å². The van der Waals surface area contributed by atoms with Crippen LogP contribution < -0.4 is 10.0 Å². The molecule has 0 saturated carbocycles. The molecule has 0 aliphatic heterocycles. The minimum atomic E-state index is -3.72. The van der Waals surface area contributed by atoms with Gasteiger partial charge in [0, 0.05) is 12.1 Å². The maximum absolute atomic E-state index is 12.9. The van der Waals surface area contributed by atoms with Crippen LogP contribution >= 0.6 is 0 Å². The number of benzene rings is 2. The van der Waals surface area contributed by atoms with E-state index < -0.39 is 33.5 Å². The van der Waals surface area contributed by atoms with Crippen LogP contribution in [-0.4, -0.2) is 31.9 Å². The minimum absolute atomic E-state index is 0.0130. The predicted octanol–water partition coefficient (Wildman–Crippen LogP) is 2.76. The number of carbonyl (C=O) groups is 2. The molecule has 7 nitrogen and oxygen atoms in total. The molecule has 9 heteroatoms. The second-order valence-electron chi connectivity index (χ2n) is 7.77. The predicted molar refractivity (Wildman–Crippen MR) is 110 cm³/mol. The Hall–Kier alpha value is -2.78. The van der Waals surface area contributed by atoms with Crippen LogP contribution in [0.2, 0.25) is 0 Å². The van der Waals surface area contributed by atoms with Crippen molar-refractivity contribution in [2.24, 2.45) is 0 Å². The van der Waals surface area contributed by atoms with Crippen LogP contribution in [0.3, 0.4) is 0 Å². The number of rotatable bonds is 7. The average Bonchev–Trinajstić information content (AvgIpc) is 2.65. The number of carbonyl (C=O) groups excluding carboxylic acids is 2. The van der Waals surface area contributed by atoms with Crippen LogP contribution in [0.15, 0.2) is 53.4 Å². The van der Waals surface area contributed by atoms with E-state index in [9.17, 15) is 22.4 Å². The van der Waals surface area contributed by atoms with Crippen molar-refractivity contribution in [3.63, 3.8) is 0 Å². The number of ether oxygens (including phenoxy) is 1. The van der Waals surface area contributed by atoms with Crippen LogP contribution in [0.25, 0.3) is 0 Å². The van der Waals surface area contributed by atoms with Gasteiger partial charge in [-0.1, -0.05) is 12.1 Å². The molecular formula is C21H25FN2O5S. The van der Waals surface area contributed by atoms with Crippen molar-refractivity contribution in [2.45, 2.75) is 50.8 Å². The summed E-state index contributed by atoms with van der Waals surface area (Å²) in [4.78, 5) is 24.4. The van der Waals surface area contributed by atoms with Crippen molar-refractivity contribution in [3.8, 4) is 0 Å². The quantitative estimate of drug-likeness (QED) is 0.650. The van der Waals surface area contributed by atoms with E-state index in [4.69, 9.17) is 4.74 Å². The van der Waals surface area contributed by atoms with Gasteiger partial charge < -0.3 is 10.1 Å². The summed E-state index contributed by atoms with van der Waals surface area (Å²) in [7, 11) is -3.72. The van der Waals surface area contributed by atoms with E-state index in [1.165, 1.54) is 55.5 Å². The van der Waals surface area contributed by atoms with Gasteiger partial charge in [0.05, 0.1) is 10.5 Å². The van der Waals surface area contributed by atoms with Gasteiger partial charge >= 0.3 is 5.97 Å². The summed E-state index contributed by atoms with van der Waals surface area (Å²) < 4.78 is 45.2. The van der Waals surface area contributed by atoms with Crippen LogP contribution in [-0.2, 0) is 26.1 Å². The van der Waals surface area contributed by atoms with Gasteiger partial charge in [0.1, 0.15) is 5.82 Å². The summed E-state index contributed by atoms with van der Waals surface area (Å²) in [6, 6.07) is 10.9. The van der Waals surface area contributed by atoms with Gasteiger partial charge in [0.2, 0.25) is 10.0 Å². The Kier molecular flexibility index (Phi) is 7.33. The number of esters is 1. The SMILES string of the molecule is CC(OC(=O)c1ccc(S(=O)(=O)NC(C)(C)C)cc1)C(=O)NCc1ccc(F)cc1. The Morgan fingerprint density at radius 2 is 1.60 bits per heavy atom. The van der Waals surface area contributed by atoms with E-state index >= 15 is 0 Å². The van der Waals surface area contributed by atoms with Crippen molar-refractivity contribution in [3.05, 3.63) is 65.5 Å². The molecule has 30 heavy (non-hydrogen) atoms. The number of sulfonamides is 1. The molecule has 2 N–H and O–H groups in total. The Balaban J connectivity index is 1.94. The normalized spacial score (nSPS) is 12.8. The lowest BCUT2D eigenvalue weighted by Crippen LogP contribution is -2.40. The molecule has 0 radical (unpaired) electrons. The molecule has 1 amide bonds. The van der Waals surface area contributed by atoms with E-state index in [2.05, 4.69) is 10.0 Å². The Morgan fingerprint density at radius 3 is 2.13 bits per heavy atom. The van der Waals surface area contributed by atoms with Gasteiger partial charge in [-0.05, 0) is 69.7 Å². The molecule has 1 unspecified atom stereocenters. The molecule has 2 rings (SSSR count). The summed E-state index contributed by atoms with van der Waals surface area (Å²) in [5, 5.41) is 2.60. The first-order valence-corrected chi connectivity index (χ1v) is 10.7. The van der Waals surface area contributed by atoms with E-state index in [1.54, 1.807) is 20.8 Å². The van der Waals surface area contributed by atoms with E-state index in [-0.39, 0.29) is 22.8 Å². The fourth-order valence-corrected chi connectivity index (χ4v) is 3.87. The fourth-order valence-electron chi connectivity index (χ4n) is 2.45. The van der Waals surface area contributed by atoms with Gasteiger partial charge in [0.25, 0.3) is 5.91 Å². The lowest BCUT2D eigenvalue weighted by Gasteiger charge is -2.20. The molecule has 0 aromatic heterocycles. The summed E-state index contributed by atoms with van der Waals surface area (Å²) in [6.45, 7) is 6.74. The van der Waals surface area contributed by atoms with Crippen LogP contribution in [0, 0.1) is 5.82 Å². The topological polar surface area (TPSA) is 102 Å². The smallest absolute Gasteiger partial charge is 0.338 e. The summed E-state index contributed by atoms with van der Waals surface area (Å²) in [5.41, 5.74) is 0.166. The van der Waals surface area contributed by atoms with Gasteiger partial charge in [-0.15, -0.1) is 0 Å². The second kappa shape index (κ2) is 9.36. The number of amides is 1. The lowest BCUT2D eigenvalue weighted by molar-refractivity contribution is -0.129. The van der Waals surface area contributed by atoms with Gasteiger partial charge in [-0.25, -0.2) is 22.3 Å². The van der Waals surface area contributed by atoms with Crippen molar-refractivity contribution >= 4 is 21.9 Å². The molecule has 0 spiro atoms. The molecule has 0 aliphatic rings. The third-order valence-corrected chi connectivity index (χ3v) is 5.65. The summed E-state index contributed by atoms with van der Waals surface area (Å²) in [6.07, 6.45) is -1.07. The van der Waals surface area contributed by atoms with Crippen molar-refractivity contribution < 1.29 is 27.1 Å². The summed E-state index contributed by atoms with van der Waals surface area (Å²) >= 11 is 0. The standard InChI is InChI=1S/C21H25FN2O5S/c1-14(19(25)23-13-15-5-9-17(22)10-6-15)29-20(26)16-7-11-18(12-8-16)30(27,28)24-21(2,3)4/h5-12,14,24H,13H2,1-4H3,(H,23,25). The first-order chi connectivity index (χ1) is 13.9. The van der Waals surface area contributed by atoms with Gasteiger partial charge in [0.15, 0.2) is 6.10 Å². The Labute approximate surface area is 175 Å². The first kappa shape index (κ1) is 23.5. The van der Waals surface area contributed by atoms with Gasteiger partial charge in [-0.2, -0.15) is 0 Å². The van der Waals surface area contributed by atoms with E-state index in [0.29, 0.717) is 5.56 Å². The van der Waals surface area contributed by atoms with Crippen molar-refractivity contribution in [1.82, 2.24) is 10.0 Å². The number of hydrogen-bond acceptors (Lipinski definition) is 5. The molecule has 162 valence electrons. The Morgan fingerprint density at radius 1 is 1.03 bits per heavy atom. The number of halogens is 1. The van der Waals surface area contributed by atoms with Crippen LogP contribution in [0.4, 0.5) is 4.39 Å². The molecule has 0 fully saturated rings. The molecule has 0 aliphatic carbocycles. The monoisotopic (exact) mass is 436 g/mol. The highest BCUT2D eigenvalue weighted by molar-refractivity contribution is 7.89. The molecule has 0 heterocycles. The lowest BCUT2D eigenvalue weighted by atomic mass is 10.1. The zero-order valence-electron chi connectivity index (χ0n) is 17.2. The zero-order valence-corrected chi connectivity index (χ0v) is 18.0. The Bertz CT molecular complexity index is 997. The number of hydrogen-bond donors (Lipinski definition) is 2. The molecule has 2 aromatic carbocycles. The third kappa shape index (κ3) is 6.93. The molecule has 0 bridgehead atoms. The first-order valence-electron chi connectivity index (χ1n) is 9.24. The van der Waals surface area contributed by atoms with Crippen molar-refractivity contribution in [1.29, 1.82) is 0 Å². The maximum Gasteiger partial charge on any atom is 0.338 e. The largest absolute Gasteiger partial charge is 0.449 e. The number of nitrogens with one attached hydrogen (secondary N) is 2.